The zero-order valence-corrected chi connectivity index (χ0v) is 15.7. The van der Waals surface area contributed by atoms with E-state index < -0.39 is 0 Å². The van der Waals surface area contributed by atoms with Crippen LogP contribution in [0.1, 0.15) is 25.3 Å². The molecule has 3 aromatic heterocycles. The van der Waals surface area contributed by atoms with Crippen LogP contribution in [0.5, 0.6) is 6.01 Å². The Bertz CT molecular complexity index is 1060. The van der Waals surface area contributed by atoms with E-state index in [0.717, 1.165) is 29.8 Å². The summed E-state index contributed by atoms with van der Waals surface area (Å²) >= 11 is 0. The highest BCUT2D eigenvalue weighted by Crippen LogP contribution is 2.28. The molecule has 0 radical (unpaired) electrons. The first kappa shape index (κ1) is 17.9. The Kier molecular flexibility index (Phi) is 5.14. The molecule has 0 saturated heterocycles. The van der Waals surface area contributed by atoms with Crippen molar-refractivity contribution in [3.63, 3.8) is 0 Å². The third kappa shape index (κ3) is 3.64. The van der Waals surface area contributed by atoms with Gasteiger partial charge in [-0.1, -0.05) is 43.7 Å². The third-order valence-corrected chi connectivity index (χ3v) is 4.45. The molecular formula is C21H22N6O. The van der Waals surface area contributed by atoms with Gasteiger partial charge in [0.05, 0.1) is 13.2 Å². The number of ether oxygens (including phenoxy) is 1. The first-order valence-corrected chi connectivity index (χ1v) is 9.37. The molecule has 0 aliphatic rings. The molecule has 0 amide bonds. The maximum atomic E-state index is 6.20. The van der Waals surface area contributed by atoms with E-state index in [1.807, 2.05) is 34.9 Å². The van der Waals surface area contributed by atoms with Gasteiger partial charge in [-0.15, -0.1) is 0 Å². The number of unbranched alkanes of at least 4 members (excludes halogenated alkanes) is 1. The summed E-state index contributed by atoms with van der Waals surface area (Å²) in [5, 5.41) is 0. The minimum atomic E-state index is 0.286. The van der Waals surface area contributed by atoms with Gasteiger partial charge >= 0.3 is 6.01 Å². The molecule has 0 fully saturated rings. The Hall–Kier alpha value is -3.48. The number of benzene rings is 1. The highest BCUT2D eigenvalue weighted by Gasteiger charge is 2.18. The minimum Gasteiger partial charge on any atom is -0.463 e. The zero-order valence-electron chi connectivity index (χ0n) is 15.7. The molecule has 0 spiro atoms. The molecule has 4 aromatic rings. The van der Waals surface area contributed by atoms with E-state index in [-0.39, 0.29) is 6.01 Å². The lowest BCUT2D eigenvalue weighted by molar-refractivity contribution is 0.286. The number of nitrogens with zero attached hydrogens (tertiary/aromatic N) is 5. The van der Waals surface area contributed by atoms with Crippen LogP contribution in [-0.2, 0) is 6.54 Å². The van der Waals surface area contributed by atoms with Crippen LogP contribution in [0.3, 0.4) is 0 Å². The van der Waals surface area contributed by atoms with Crippen molar-refractivity contribution >= 4 is 17.0 Å². The van der Waals surface area contributed by atoms with E-state index in [4.69, 9.17) is 15.5 Å². The topological polar surface area (TPSA) is 91.7 Å². The molecule has 142 valence electrons. The number of fused-ring (bicyclic) bond motifs is 1. The summed E-state index contributed by atoms with van der Waals surface area (Å²) in [7, 11) is 0. The van der Waals surface area contributed by atoms with Crippen molar-refractivity contribution in [2.24, 2.45) is 0 Å². The van der Waals surface area contributed by atoms with Crippen molar-refractivity contribution in [1.29, 1.82) is 0 Å². The molecule has 0 aliphatic heterocycles. The van der Waals surface area contributed by atoms with Gasteiger partial charge in [-0.25, -0.2) is 4.98 Å². The highest BCUT2D eigenvalue weighted by atomic mass is 16.5. The van der Waals surface area contributed by atoms with Gasteiger partial charge in [-0.3, -0.25) is 4.98 Å². The van der Waals surface area contributed by atoms with Crippen molar-refractivity contribution < 1.29 is 4.74 Å². The van der Waals surface area contributed by atoms with Crippen LogP contribution < -0.4 is 10.5 Å². The lowest BCUT2D eigenvalue weighted by Crippen LogP contribution is -2.07. The Morgan fingerprint density at radius 1 is 1.00 bits per heavy atom. The summed E-state index contributed by atoms with van der Waals surface area (Å²) in [5.41, 5.74) is 9.51. The van der Waals surface area contributed by atoms with E-state index in [0.29, 0.717) is 30.1 Å². The molecule has 4 rings (SSSR count). The fourth-order valence-corrected chi connectivity index (χ4v) is 3.01. The van der Waals surface area contributed by atoms with Crippen LogP contribution in [0, 0.1) is 0 Å². The maximum Gasteiger partial charge on any atom is 0.320 e. The Morgan fingerprint density at radius 3 is 2.54 bits per heavy atom. The second-order valence-electron chi connectivity index (χ2n) is 6.51. The fourth-order valence-electron chi connectivity index (χ4n) is 3.01. The van der Waals surface area contributed by atoms with E-state index in [2.05, 4.69) is 34.0 Å². The van der Waals surface area contributed by atoms with Gasteiger partial charge in [-0.2, -0.15) is 9.97 Å². The quantitative estimate of drug-likeness (QED) is 0.496. The standard InChI is InChI=1S/C21H22N6O/c1-2-3-13-28-21-25-18(22)17-20(26-21)27(14-15-7-5-4-6-8-15)19(24-17)16-9-11-23-12-10-16/h4-12H,2-3,13-14H2,1H3,(H2,22,25,26). The van der Waals surface area contributed by atoms with Crippen LogP contribution in [0.4, 0.5) is 5.82 Å². The van der Waals surface area contributed by atoms with E-state index in [1.165, 1.54) is 0 Å². The molecule has 0 unspecified atom stereocenters. The van der Waals surface area contributed by atoms with Gasteiger partial charge in [0.15, 0.2) is 17.0 Å². The average Bonchev–Trinajstić information content (AvgIpc) is 3.09. The number of aromatic nitrogens is 5. The molecule has 0 saturated carbocycles. The monoisotopic (exact) mass is 374 g/mol. The number of hydrogen-bond acceptors (Lipinski definition) is 6. The van der Waals surface area contributed by atoms with Crippen molar-refractivity contribution in [1.82, 2.24) is 24.5 Å². The molecule has 28 heavy (non-hydrogen) atoms. The van der Waals surface area contributed by atoms with Gasteiger partial charge in [0, 0.05) is 18.0 Å². The SMILES string of the molecule is CCCCOc1nc(N)c2nc(-c3ccncc3)n(Cc3ccccc3)c2n1. The number of nitrogens with two attached hydrogens (primary N) is 1. The van der Waals surface area contributed by atoms with E-state index in [9.17, 15) is 0 Å². The second-order valence-corrected chi connectivity index (χ2v) is 6.51. The lowest BCUT2D eigenvalue weighted by atomic mass is 10.2. The molecule has 0 bridgehead atoms. The molecular weight excluding hydrogens is 352 g/mol. The Labute approximate surface area is 163 Å². The largest absolute Gasteiger partial charge is 0.463 e. The van der Waals surface area contributed by atoms with Crippen LogP contribution in [0.15, 0.2) is 54.9 Å². The van der Waals surface area contributed by atoms with E-state index in [1.54, 1.807) is 12.4 Å². The van der Waals surface area contributed by atoms with Gasteiger partial charge in [0.1, 0.15) is 5.82 Å². The average molecular weight is 374 g/mol. The number of pyridine rings is 1. The predicted octanol–water partition coefficient (Wildman–Crippen LogP) is 3.70. The fraction of sp³-hybridized carbons (Fsp3) is 0.238. The van der Waals surface area contributed by atoms with Crippen LogP contribution in [-0.4, -0.2) is 31.1 Å². The summed E-state index contributed by atoms with van der Waals surface area (Å²) in [4.78, 5) is 17.8. The third-order valence-electron chi connectivity index (χ3n) is 4.45. The van der Waals surface area contributed by atoms with Crippen LogP contribution in [0.25, 0.3) is 22.6 Å². The van der Waals surface area contributed by atoms with Gasteiger partial charge in [-0.05, 0) is 24.1 Å². The molecule has 2 N–H and O–H groups in total. The number of anilines is 1. The molecule has 7 nitrogen and oxygen atoms in total. The number of rotatable bonds is 7. The van der Waals surface area contributed by atoms with E-state index >= 15 is 0 Å². The van der Waals surface area contributed by atoms with Gasteiger partial charge in [0.25, 0.3) is 0 Å². The summed E-state index contributed by atoms with van der Waals surface area (Å²) in [6.45, 7) is 3.28. The first-order chi connectivity index (χ1) is 13.8. The van der Waals surface area contributed by atoms with Crippen LogP contribution in [0.2, 0.25) is 0 Å². The summed E-state index contributed by atoms with van der Waals surface area (Å²) in [6, 6.07) is 14.3. The Balaban J connectivity index is 1.85. The highest BCUT2D eigenvalue weighted by molar-refractivity contribution is 5.85. The number of hydrogen-bond donors (Lipinski definition) is 1. The smallest absolute Gasteiger partial charge is 0.320 e. The van der Waals surface area contributed by atoms with Crippen molar-refractivity contribution in [3.05, 3.63) is 60.4 Å². The number of imidazole rings is 1. The van der Waals surface area contributed by atoms with Crippen molar-refractivity contribution in [3.8, 4) is 17.4 Å². The molecule has 0 atom stereocenters. The van der Waals surface area contributed by atoms with Gasteiger partial charge < -0.3 is 15.0 Å². The second kappa shape index (κ2) is 8.04. The minimum absolute atomic E-state index is 0.286. The summed E-state index contributed by atoms with van der Waals surface area (Å²) < 4.78 is 7.75. The normalized spacial score (nSPS) is 11.0. The van der Waals surface area contributed by atoms with Crippen LogP contribution >= 0.6 is 0 Å². The zero-order chi connectivity index (χ0) is 19.3. The Morgan fingerprint density at radius 2 is 1.79 bits per heavy atom. The maximum absolute atomic E-state index is 6.20. The first-order valence-electron chi connectivity index (χ1n) is 9.37. The lowest BCUT2D eigenvalue weighted by Gasteiger charge is -2.10. The van der Waals surface area contributed by atoms with Gasteiger partial charge in [0.2, 0.25) is 0 Å². The number of nitrogen functional groups attached to an aromatic ring is 1. The summed E-state index contributed by atoms with van der Waals surface area (Å²) in [6.07, 6.45) is 5.47. The molecule has 7 heteroatoms. The molecule has 1 aromatic carbocycles. The molecule has 3 heterocycles. The van der Waals surface area contributed by atoms with Crippen molar-refractivity contribution in [2.45, 2.75) is 26.3 Å². The van der Waals surface area contributed by atoms with Crippen molar-refractivity contribution in [2.75, 3.05) is 12.3 Å². The summed E-state index contributed by atoms with van der Waals surface area (Å²) in [5.74, 6) is 1.09. The predicted molar refractivity (Wildman–Crippen MR) is 109 cm³/mol. The molecule has 0 aliphatic carbocycles.